The largest absolute Gasteiger partial charge is 0.450 e. The van der Waals surface area contributed by atoms with Gasteiger partial charge in [0.05, 0.1) is 0 Å². The Morgan fingerprint density at radius 1 is 1.22 bits per heavy atom. The second-order valence-corrected chi connectivity index (χ2v) is 7.23. The maximum atomic E-state index is 12.4. The smallest absolute Gasteiger partial charge is 0.223 e. The van der Waals surface area contributed by atoms with Gasteiger partial charge < -0.3 is 14.6 Å². The highest BCUT2D eigenvalue weighted by Crippen LogP contribution is 2.33. The molecule has 0 aliphatic carbocycles. The van der Waals surface area contributed by atoms with Gasteiger partial charge in [0.25, 0.3) is 0 Å². The number of carbonyl (C=O) groups is 1. The van der Waals surface area contributed by atoms with Gasteiger partial charge in [-0.15, -0.1) is 0 Å². The van der Waals surface area contributed by atoms with E-state index >= 15 is 0 Å². The standard InChI is InChI=1S/C21H26N4O2/c1-2-3-6-11-22-21(26)15-9-12-25(13-10-15)20-19-18(23-14-24-20)16-7-4-5-8-17(16)27-19/h4-5,7-8,14-15H,2-3,6,9-13H2,1H3,(H,22,26). The number of amides is 1. The number of nitrogens with one attached hydrogen (secondary N) is 1. The summed E-state index contributed by atoms with van der Waals surface area (Å²) in [5.74, 6) is 1.12. The Balaban J connectivity index is 1.45. The van der Waals surface area contributed by atoms with Crippen molar-refractivity contribution in [1.29, 1.82) is 0 Å². The zero-order valence-corrected chi connectivity index (χ0v) is 15.8. The lowest BCUT2D eigenvalue weighted by Crippen LogP contribution is -2.41. The fraction of sp³-hybridized carbons (Fsp3) is 0.476. The highest BCUT2D eigenvalue weighted by molar-refractivity contribution is 6.05. The van der Waals surface area contributed by atoms with Gasteiger partial charge in [-0.05, 0) is 31.4 Å². The van der Waals surface area contributed by atoms with Crippen LogP contribution in [0.1, 0.15) is 39.0 Å². The Morgan fingerprint density at radius 2 is 2.04 bits per heavy atom. The van der Waals surface area contributed by atoms with E-state index in [9.17, 15) is 4.79 Å². The summed E-state index contributed by atoms with van der Waals surface area (Å²) in [7, 11) is 0. The van der Waals surface area contributed by atoms with Gasteiger partial charge in [-0.2, -0.15) is 0 Å². The van der Waals surface area contributed by atoms with E-state index in [1.54, 1.807) is 6.33 Å². The lowest BCUT2D eigenvalue weighted by atomic mass is 9.96. The SMILES string of the molecule is CCCCCNC(=O)C1CCN(c2ncnc3c2oc2ccccc23)CC1. The Kier molecular flexibility index (Phi) is 5.23. The molecule has 2 aromatic heterocycles. The maximum absolute atomic E-state index is 12.4. The average molecular weight is 366 g/mol. The molecule has 1 N–H and O–H groups in total. The Bertz CT molecular complexity index is 928. The predicted molar refractivity (Wildman–Crippen MR) is 107 cm³/mol. The number of fused-ring (bicyclic) bond motifs is 3. The summed E-state index contributed by atoms with van der Waals surface area (Å²) < 4.78 is 6.04. The number of piperidine rings is 1. The first-order valence-electron chi connectivity index (χ1n) is 9.93. The van der Waals surface area contributed by atoms with Crippen molar-refractivity contribution in [3.8, 4) is 0 Å². The van der Waals surface area contributed by atoms with Crippen LogP contribution in [0.3, 0.4) is 0 Å². The van der Waals surface area contributed by atoms with Crippen LogP contribution in [-0.4, -0.2) is 35.5 Å². The van der Waals surface area contributed by atoms with E-state index < -0.39 is 0 Å². The van der Waals surface area contributed by atoms with Crippen molar-refractivity contribution in [3.63, 3.8) is 0 Å². The molecule has 1 aliphatic rings. The number of furan rings is 1. The van der Waals surface area contributed by atoms with E-state index in [2.05, 4.69) is 27.1 Å². The monoisotopic (exact) mass is 366 g/mol. The van der Waals surface area contributed by atoms with Gasteiger partial charge in [0.15, 0.2) is 11.4 Å². The minimum absolute atomic E-state index is 0.0934. The van der Waals surface area contributed by atoms with Gasteiger partial charge in [-0.3, -0.25) is 4.79 Å². The molecular formula is C21H26N4O2. The fourth-order valence-electron chi connectivity index (χ4n) is 3.82. The third-order valence-corrected chi connectivity index (χ3v) is 5.38. The molecule has 6 heteroatoms. The highest BCUT2D eigenvalue weighted by atomic mass is 16.3. The molecule has 0 bridgehead atoms. The highest BCUT2D eigenvalue weighted by Gasteiger charge is 2.27. The minimum atomic E-state index is 0.0934. The quantitative estimate of drug-likeness (QED) is 0.670. The third kappa shape index (κ3) is 3.61. The number of benzene rings is 1. The number of hydrogen-bond acceptors (Lipinski definition) is 5. The summed E-state index contributed by atoms with van der Waals surface area (Å²) in [5.41, 5.74) is 2.42. The summed E-state index contributed by atoms with van der Waals surface area (Å²) in [5, 5.41) is 4.10. The number of rotatable bonds is 6. The molecule has 1 amide bonds. The Labute approximate surface area is 159 Å². The molecule has 0 unspecified atom stereocenters. The molecule has 27 heavy (non-hydrogen) atoms. The van der Waals surface area contributed by atoms with Crippen LogP contribution < -0.4 is 10.2 Å². The molecule has 3 heterocycles. The molecule has 0 spiro atoms. The maximum Gasteiger partial charge on any atom is 0.223 e. The summed E-state index contributed by atoms with van der Waals surface area (Å²) in [6, 6.07) is 7.93. The van der Waals surface area contributed by atoms with Crippen molar-refractivity contribution in [2.75, 3.05) is 24.5 Å². The molecule has 4 rings (SSSR count). The van der Waals surface area contributed by atoms with E-state index in [1.807, 2.05) is 24.3 Å². The molecule has 0 saturated carbocycles. The fourth-order valence-corrected chi connectivity index (χ4v) is 3.82. The summed E-state index contributed by atoms with van der Waals surface area (Å²) in [6.45, 7) is 4.56. The number of aromatic nitrogens is 2. The molecule has 1 aliphatic heterocycles. The number of unbranched alkanes of at least 4 members (excludes halogenated alkanes) is 2. The van der Waals surface area contributed by atoms with Crippen molar-refractivity contribution in [2.45, 2.75) is 39.0 Å². The number of anilines is 1. The van der Waals surface area contributed by atoms with Crippen molar-refractivity contribution in [1.82, 2.24) is 15.3 Å². The second-order valence-electron chi connectivity index (χ2n) is 7.23. The van der Waals surface area contributed by atoms with Gasteiger partial charge in [0.2, 0.25) is 5.91 Å². The molecule has 1 saturated heterocycles. The first-order valence-corrected chi connectivity index (χ1v) is 9.93. The van der Waals surface area contributed by atoms with Gasteiger partial charge in [-0.1, -0.05) is 31.9 Å². The van der Waals surface area contributed by atoms with Gasteiger partial charge >= 0.3 is 0 Å². The molecule has 6 nitrogen and oxygen atoms in total. The van der Waals surface area contributed by atoms with E-state index in [4.69, 9.17) is 4.42 Å². The van der Waals surface area contributed by atoms with Crippen LogP contribution in [0.25, 0.3) is 22.1 Å². The second kappa shape index (κ2) is 7.94. The molecule has 0 atom stereocenters. The molecule has 142 valence electrons. The first kappa shape index (κ1) is 17.8. The average Bonchev–Trinajstić information content (AvgIpc) is 3.10. The van der Waals surface area contributed by atoms with Crippen LogP contribution in [0.4, 0.5) is 5.82 Å². The lowest BCUT2D eigenvalue weighted by molar-refractivity contribution is -0.125. The normalized spacial score (nSPS) is 15.5. The van der Waals surface area contributed by atoms with Crippen LogP contribution in [-0.2, 0) is 4.79 Å². The van der Waals surface area contributed by atoms with Gasteiger partial charge in [-0.25, -0.2) is 9.97 Å². The van der Waals surface area contributed by atoms with E-state index in [0.717, 1.165) is 66.8 Å². The van der Waals surface area contributed by atoms with Crippen LogP contribution in [0.5, 0.6) is 0 Å². The molecule has 1 aromatic carbocycles. The van der Waals surface area contributed by atoms with Crippen LogP contribution in [0.15, 0.2) is 35.0 Å². The van der Waals surface area contributed by atoms with E-state index in [1.165, 1.54) is 12.8 Å². The summed E-state index contributed by atoms with van der Waals surface area (Å²) >= 11 is 0. The molecule has 1 fully saturated rings. The van der Waals surface area contributed by atoms with Crippen molar-refractivity contribution in [3.05, 3.63) is 30.6 Å². The molecule has 3 aromatic rings. The first-order chi connectivity index (χ1) is 13.3. The minimum Gasteiger partial charge on any atom is -0.450 e. The van der Waals surface area contributed by atoms with Crippen molar-refractivity contribution in [2.24, 2.45) is 5.92 Å². The third-order valence-electron chi connectivity index (χ3n) is 5.38. The summed E-state index contributed by atoms with van der Waals surface area (Å²) in [4.78, 5) is 23.5. The van der Waals surface area contributed by atoms with Gasteiger partial charge in [0.1, 0.15) is 17.4 Å². The number of carbonyl (C=O) groups excluding carboxylic acids is 1. The summed E-state index contributed by atoms with van der Waals surface area (Å²) in [6.07, 6.45) is 6.68. The van der Waals surface area contributed by atoms with Crippen LogP contribution >= 0.6 is 0 Å². The Hall–Kier alpha value is -2.63. The number of para-hydroxylation sites is 1. The van der Waals surface area contributed by atoms with Crippen molar-refractivity contribution >= 4 is 33.8 Å². The van der Waals surface area contributed by atoms with Crippen molar-refractivity contribution < 1.29 is 9.21 Å². The van der Waals surface area contributed by atoms with E-state index in [-0.39, 0.29) is 11.8 Å². The molecule has 0 radical (unpaired) electrons. The number of nitrogens with zero attached hydrogens (tertiary/aromatic N) is 3. The van der Waals surface area contributed by atoms with Gasteiger partial charge in [0, 0.05) is 30.9 Å². The molecular weight excluding hydrogens is 340 g/mol. The zero-order chi connectivity index (χ0) is 18.6. The lowest BCUT2D eigenvalue weighted by Gasteiger charge is -2.31. The topological polar surface area (TPSA) is 71.3 Å². The van der Waals surface area contributed by atoms with Crippen LogP contribution in [0.2, 0.25) is 0 Å². The zero-order valence-electron chi connectivity index (χ0n) is 15.8. The van der Waals surface area contributed by atoms with E-state index in [0.29, 0.717) is 0 Å². The number of hydrogen-bond donors (Lipinski definition) is 1. The van der Waals surface area contributed by atoms with Crippen LogP contribution in [0, 0.1) is 5.92 Å². The Morgan fingerprint density at radius 3 is 2.85 bits per heavy atom. The predicted octanol–water partition coefficient (Wildman–Crippen LogP) is 3.90.